The topological polar surface area (TPSA) is 131 Å². The van der Waals surface area contributed by atoms with Crippen LogP contribution in [0.3, 0.4) is 0 Å². The molecule has 3 N–H and O–H groups in total. The molecule has 0 saturated heterocycles. The van der Waals surface area contributed by atoms with Gasteiger partial charge in [-0.05, 0) is 43.3 Å². The summed E-state index contributed by atoms with van der Waals surface area (Å²) in [6.07, 6.45) is 0. The predicted octanol–water partition coefficient (Wildman–Crippen LogP) is 6.07. The Labute approximate surface area is 200 Å². The van der Waals surface area contributed by atoms with E-state index in [1.807, 2.05) is 85.8 Å². The number of nitrogens with one attached hydrogen (secondary N) is 1. The number of nitrogens with zero attached hydrogens (tertiary/aromatic N) is 7. The Morgan fingerprint density at radius 1 is 0.743 bits per heavy atom. The molecule has 2 aromatic heterocycles. The van der Waals surface area contributed by atoms with Gasteiger partial charge in [0.1, 0.15) is 5.82 Å². The molecule has 10 heteroatoms. The molecule has 3 aromatic carbocycles. The van der Waals surface area contributed by atoms with E-state index in [9.17, 15) is 4.79 Å². The van der Waals surface area contributed by atoms with E-state index < -0.39 is 5.56 Å². The Hall–Kier alpha value is -5.12. The van der Waals surface area contributed by atoms with Crippen LogP contribution >= 0.6 is 0 Å². The molecule has 0 fully saturated rings. The molecule has 5 aromatic rings. The molecule has 0 bridgehead atoms. The van der Waals surface area contributed by atoms with Gasteiger partial charge in [0.15, 0.2) is 11.4 Å². The number of rotatable bonds is 6. The highest BCUT2D eigenvalue weighted by atomic mass is 16.1. The molecule has 0 amide bonds. The third kappa shape index (κ3) is 4.40. The molecule has 0 spiro atoms. The van der Waals surface area contributed by atoms with Crippen LogP contribution < -0.4 is 11.3 Å². The zero-order valence-electron chi connectivity index (χ0n) is 18.8. The van der Waals surface area contributed by atoms with Crippen LogP contribution in [0.2, 0.25) is 0 Å². The van der Waals surface area contributed by atoms with E-state index >= 15 is 0 Å². The maximum Gasteiger partial charge on any atom is 0.301 e. The first-order valence-corrected chi connectivity index (χ1v) is 10.8. The van der Waals surface area contributed by atoms with E-state index in [2.05, 4.69) is 30.7 Å². The monoisotopic (exact) mass is 463 g/mol. The predicted molar refractivity (Wildman–Crippen MR) is 134 cm³/mol. The number of aromatic amines is 1. The Bertz CT molecular complexity index is 1560. The van der Waals surface area contributed by atoms with Gasteiger partial charge in [0, 0.05) is 0 Å². The fourth-order valence-electron chi connectivity index (χ4n) is 3.46. The van der Waals surface area contributed by atoms with E-state index in [0.717, 1.165) is 5.69 Å². The number of anilines is 1. The first-order chi connectivity index (χ1) is 17.1. The molecule has 10 nitrogen and oxygen atoms in total. The van der Waals surface area contributed by atoms with Crippen LogP contribution in [-0.2, 0) is 0 Å². The highest BCUT2D eigenvalue weighted by Crippen LogP contribution is 2.36. The molecule has 0 aliphatic heterocycles. The zero-order chi connectivity index (χ0) is 24.2. The lowest BCUT2D eigenvalue weighted by Gasteiger charge is -2.02. The van der Waals surface area contributed by atoms with Crippen molar-refractivity contribution in [2.24, 2.45) is 20.5 Å². The van der Waals surface area contributed by atoms with Crippen LogP contribution in [-0.4, -0.2) is 19.6 Å². The average Bonchev–Trinajstić information content (AvgIpc) is 3.37. The van der Waals surface area contributed by atoms with E-state index in [0.29, 0.717) is 28.6 Å². The number of benzene rings is 3. The summed E-state index contributed by atoms with van der Waals surface area (Å²) in [7, 11) is 0. The number of aryl methyl sites for hydroxylation is 1. The Kier molecular flexibility index (Phi) is 5.83. The third-order valence-electron chi connectivity index (χ3n) is 5.18. The molecule has 0 aliphatic rings. The molecule has 0 atom stereocenters. The van der Waals surface area contributed by atoms with Crippen molar-refractivity contribution < 1.29 is 0 Å². The molecular formula is C25H21N9O. The maximum absolute atomic E-state index is 13.0. The van der Waals surface area contributed by atoms with Gasteiger partial charge in [0.05, 0.1) is 22.8 Å². The molecular weight excluding hydrogens is 442 g/mol. The van der Waals surface area contributed by atoms with E-state index in [-0.39, 0.29) is 11.5 Å². The first kappa shape index (κ1) is 21.7. The fourth-order valence-corrected chi connectivity index (χ4v) is 3.46. The molecule has 35 heavy (non-hydrogen) atoms. The standard InChI is InChI=1S/C25H21N9O/c1-17-21(28-27-18-11-5-2-6-12-18)24(33(31-17)19-13-7-3-8-14-19)30-29-22-23(26)32-34(25(22)35)20-15-9-4-10-16-20/h2-16,32H,26H2,1H3. The maximum atomic E-state index is 13.0. The quantitative estimate of drug-likeness (QED) is 0.296. The molecule has 5 rings (SSSR count). The minimum atomic E-state index is -0.424. The van der Waals surface area contributed by atoms with Crippen molar-refractivity contribution >= 4 is 28.7 Å². The highest BCUT2D eigenvalue weighted by Gasteiger charge is 2.18. The number of hydrogen-bond donors (Lipinski definition) is 2. The van der Waals surface area contributed by atoms with E-state index in [1.165, 1.54) is 4.68 Å². The van der Waals surface area contributed by atoms with Gasteiger partial charge in [-0.15, -0.1) is 15.3 Å². The minimum absolute atomic E-state index is 0.0155. The van der Waals surface area contributed by atoms with Crippen LogP contribution in [0.25, 0.3) is 11.4 Å². The van der Waals surface area contributed by atoms with Crippen molar-refractivity contribution in [3.8, 4) is 11.4 Å². The van der Waals surface area contributed by atoms with Gasteiger partial charge in [0.25, 0.3) is 0 Å². The summed E-state index contributed by atoms with van der Waals surface area (Å²) in [6, 6.07) is 27.9. The lowest BCUT2D eigenvalue weighted by atomic mass is 10.3. The van der Waals surface area contributed by atoms with Gasteiger partial charge >= 0.3 is 5.56 Å². The third-order valence-corrected chi connectivity index (χ3v) is 5.18. The van der Waals surface area contributed by atoms with Crippen molar-refractivity contribution in [2.75, 3.05) is 5.73 Å². The summed E-state index contributed by atoms with van der Waals surface area (Å²) in [6.45, 7) is 1.81. The fraction of sp³-hybridized carbons (Fsp3) is 0.0400. The van der Waals surface area contributed by atoms with Crippen molar-refractivity contribution in [1.29, 1.82) is 0 Å². The second-order valence-corrected chi connectivity index (χ2v) is 7.59. The lowest BCUT2D eigenvalue weighted by Crippen LogP contribution is -2.13. The second kappa shape index (κ2) is 9.40. The van der Waals surface area contributed by atoms with Crippen molar-refractivity contribution in [3.63, 3.8) is 0 Å². The minimum Gasteiger partial charge on any atom is -0.382 e. The highest BCUT2D eigenvalue weighted by molar-refractivity contribution is 5.64. The van der Waals surface area contributed by atoms with Crippen molar-refractivity contribution in [3.05, 3.63) is 107 Å². The SMILES string of the molecule is Cc1nn(-c2ccccc2)c(N=Nc2c(N)[nH]n(-c3ccccc3)c2=O)c1N=Nc1ccccc1. The summed E-state index contributed by atoms with van der Waals surface area (Å²) in [5.74, 6) is 0.414. The van der Waals surface area contributed by atoms with Crippen LogP contribution in [0.1, 0.15) is 5.69 Å². The Morgan fingerprint density at radius 3 is 1.97 bits per heavy atom. The molecule has 0 unspecified atom stereocenters. The second-order valence-electron chi connectivity index (χ2n) is 7.59. The number of nitrogens with two attached hydrogens (primary N) is 1. The first-order valence-electron chi connectivity index (χ1n) is 10.8. The van der Waals surface area contributed by atoms with Gasteiger partial charge in [-0.3, -0.25) is 9.89 Å². The summed E-state index contributed by atoms with van der Waals surface area (Å²) in [5.41, 5.74) is 8.74. The summed E-state index contributed by atoms with van der Waals surface area (Å²) in [4.78, 5) is 13.0. The molecule has 2 heterocycles. The van der Waals surface area contributed by atoms with Crippen LogP contribution in [0.4, 0.5) is 28.7 Å². The summed E-state index contributed by atoms with van der Waals surface area (Å²) < 4.78 is 2.93. The lowest BCUT2D eigenvalue weighted by molar-refractivity contribution is 0.849. The van der Waals surface area contributed by atoms with Gasteiger partial charge in [-0.1, -0.05) is 54.6 Å². The van der Waals surface area contributed by atoms with Crippen LogP contribution in [0, 0.1) is 6.92 Å². The number of para-hydroxylation sites is 2. The zero-order valence-corrected chi connectivity index (χ0v) is 18.8. The van der Waals surface area contributed by atoms with Crippen molar-refractivity contribution in [1.82, 2.24) is 19.6 Å². The molecule has 0 saturated carbocycles. The molecule has 0 aliphatic carbocycles. The Balaban J connectivity index is 1.60. The van der Waals surface area contributed by atoms with Gasteiger partial charge in [-0.25, -0.2) is 9.36 Å². The van der Waals surface area contributed by atoms with E-state index in [1.54, 1.807) is 16.8 Å². The molecule has 172 valence electrons. The van der Waals surface area contributed by atoms with Crippen LogP contribution in [0.5, 0.6) is 0 Å². The smallest absolute Gasteiger partial charge is 0.301 e. The van der Waals surface area contributed by atoms with Gasteiger partial charge in [0.2, 0.25) is 5.82 Å². The van der Waals surface area contributed by atoms with Gasteiger partial charge in [-0.2, -0.15) is 10.2 Å². The number of hydrogen-bond acceptors (Lipinski definition) is 7. The number of H-pyrrole nitrogens is 1. The summed E-state index contributed by atoms with van der Waals surface area (Å²) in [5, 5.41) is 24.7. The normalized spacial score (nSPS) is 11.6. The number of azo groups is 2. The Morgan fingerprint density at radius 2 is 1.31 bits per heavy atom. The van der Waals surface area contributed by atoms with Gasteiger partial charge < -0.3 is 5.73 Å². The van der Waals surface area contributed by atoms with Crippen molar-refractivity contribution in [2.45, 2.75) is 6.92 Å². The van der Waals surface area contributed by atoms with E-state index in [4.69, 9.17) is 5.73 Å². The summed E-state index contributed by atoms with van der Waals surface area (Å²) >= 11 is 0. The molecule has 0 radical (unpaired) electrons. The average molecular weight is 464 g/mol. The van der Waals surface area contributed by atoms with Crippen LogP contribution in [0.15, 0.2) is 116 Å². The number of aromatic nitrogens is 4. The largest absolute Gasteiger partial charge is 0.382 e. The number of nitrogen functional groups attached to an aromatic ring is 1.